The highest BCUT2D eigenvalue weighted by Gasteiger charge is 2.34. The molecule has 1 aliphatic rings. The van der Waals surface area contributed by atoms with Gasteiger partial charge in [0.05, 0.1) is 24.6 Å². The van der Waals surface area contributed by atoms with Gasteiger partial charge in [-0.3, -0.25) is 4.79 Å². The number of ketones is 1. The first kappa shape index (κ1) is 30.7. The number of hydrogen-bond acceptors (Lipinski definition) is 7. The number of nitrogens with zero attached hydrogens (tertiary/aromatic N) is 4. The summed E-state index contributed by atoms with van der Waals surface area (Å²) >= 11 is 0. The molecule has 1 N–H and O–H groups in total. The molecule has 1 amide bonds. The van der Waals surface area contributed by atoms with E-state index in [0.29, 0.717) is 42.3 Å². The number of carbonyl (C=O) groups excluding carboxylic acids is 2. The number of rotatable bonds is 10. The van der Waals surface area contributed by atoms with Gasteiger partial charge in [0.1, 0.15) is 12.2 Å². The van der Waals surface area contributed by atoms with Crippen LogP contribution in [-0.4, -0.2) is 67.8 Å². The molecule has 1 saturated heterocycles. The third-order valence-corrected chi connectivity index (χ3v) is 9.33. The van der Waals surface area contributed by atoms with Crippen molar-refractivity contribution in [3.63, 3.8) is 0 Å². The standard InChI is InChI=1S/C31H45N5O4Si/c1-30(2,3)27(37)24-18-36(21-40-14-15-41(6,7)8)28-26(24)34-25(17-32-28)22-10-9-11-23(16-22)35-13-12-31(4,20-35)19-33-29(38)39-5/h9-11,16-18H,12-15,19-21H2,1-8H3,(H,33,38). The second kappa shape index (κ2) is 11.9. The zero-order valence-electron chi connectivity index (χ0n) is 25.8. The second-order valence-corrected chi connectivity index (χ2v) is 19.4. The molecule has 0 aliphatic carbocycles. The number of amides is 1. The molecule has 1 atom stereocenters. The minimum Gasteiger partial charge on any atom is -0.453 e. The van der Waals surface area contributed by atoms with Gasteiger partial charge in [-0.1, -0.05) is 59.5 Å². The molecule has 1 unspecified atom stereocenters. The average Bonchev–Trinajstić information content (AvgIpc) is 3.49. The number of anilines is 1. The smallest absolute Gasteiger partial charge is 0.406 e. The largest absolute Gasteiger partial charge is 0.453 e. The van der Waals surface area contributed by atoms with Gasteiger partial charge in [0.2, 0.25) is 0 Å². The molecule has 0 saturated carbocycles. The fraction of sp³-hybridized carbons (Fsp3) is 0.548. The number of alkyl carbamates (subject to hydrolysis) is 1. The van der Waals surface area contributed by atoms with Crippen LogP contribution in [0.4, 0.5) is 10.5 Å². The van der Waals surface area contributed by atoms with E-state index >= 15 is 0 Å². The van der Waals surface area contributed by atoms with Crippen LogP contribution in [0.5, 0.6) is 0 Å². The number of carbonyl (C=O) groups is 2. The quantitative estimate of drug-likeness (QED) is 0.173. The van der Waals surface area contributed by atoms with Crippen LogP contribution < -0.4 is 10.2 Å². The van der Waals surface area contributed by atoms with Crippen LogP contribution in [0.3, 0.4) is 0 Å². The van der Waals surface area contributed by atoms with Crippen LogP contribution >= 0.6 is 0 Å². The lowest BCUT2D eigenvalue weighted by molar-refractivity contribution is 0.0849. The van der Waals surface area contributed by atoms with Crippen LogP contribution in [0.15, 0.2) is 36.7 Å². The van der Waals surface area contributed by atoms with Crippen molar-refractivity contribution >= 4 is 36.8 Å². The number of fused-ring (bicyclic) bond motifs is 1. The molecule has 1 aliphatic heterocycles. The van der Waals surface area contributed by atoms with Gasteiger partial charge in [0.25, 0.3) is 0 Å². The molecule has 3 aromatic rings. The Labute approximate surface area is 244 Å². The summed E-state index contributed by atoms with van der Waals surface area (Å²) in [6, 6.07) is 9.34. The molecule has 222 valence electrons. The Morgan fingerprint density at radius 2 is 1.95 bits per heavy atom. The summed E-state index contributed by atoms with van der Waals surface area (Å²) in [5.74, 6) is 0.0282. The summed E-state index contributed by atoms with van der Waals surface area (Å²) in [5, 5.41) is 2.85. The molecule has 41 heavy (non-hydrogen) atoms. The van der Waals surface area contributed by atoms with E-state index in [2.05, 4.69) is 48.9 Å². The van der Waals surface area contributed by atoms with Gasteiger partial charge in [-0.25, -0.2) is 14.8 Å². The maximum Gasteiger partial charge on any atom is 0.406 e. The molecule has 0 radical (unpaired) electrons. The molecule has 10 heteroatoms. The van der Waals surface area contributed by atoms with E-state index in [1.165, 1.54) is 7.11 Å². The van der Waals surface area contributed by atoms with Crippen LogP contribution in [0, 0.1) is 10.8 Å². The van der Waals surface area contributed by atoms with Crippen molar-refractivity contribution in [3.8, 4) is 11.3 Å². The maximum absolute atomic E-state index is 13.4. The molecular formula is C31H45N5O4Si. The fourth-order valence-corrected chi connectivity index (χ4v) is 5.77. The van der Waals surface area contributed by atoms with Crippen molar-refractivity contribution in [2.45, 2.75) is 66.5 Å². The highest BCUT2D eigenvalue weighted by molar-refractivity contribution is 6.76. The molecule has 1 aromatic carbocycles. The van der Waals surface area contributed by atoms with Crippen molar-refractivity contribution < 1.29 is 19.1 Å². The van der Waals surface area contributed by atoms with Crippen molar-refractivity contribution in [1.82, 2.24) is 19.9 Å². The number of benzene rings is 1. The van der Waals surface area contributed by atoms with Crippen molar-refractivity contribution in [3.05, 3.63) is 42.2 Å². The SMILES string of the molecule is COC(=O)NCC1(C)CCN(c2cccc(-c3cnc4c(n3)c(C(=O)C(C)(C)C)cn4COCC[Si](C)(C)C)c2)C1. The number of aromatic nitrogens is 3. The minimum absolute atomic E-state index is 0.0282. The summed E-state index contributed by atoms with van der Waals surface area (Å²) in [5.41, 5.74) is 3.96. The van der Waals surface area contributed by atoms with E-state index in [4.69, 9.17) is 19.4 Å². The number of methoxy groups -OCH3 is 1. The van der Waals surface area contributed by atoms with Crippen molar-refractivity contribution in [1.29, 1.82) is 0 Å². The van der Waals surface area contributed by atoms with E-state index < -0.39 is 19.6 Å². The number of ether oxygens (including phenoxy) is 2. The highest BCUT2D eigenvalue weighted by atomic mass is 28.3. The second-order valence-electron chi connectivity index (χ2n) is 13.7. The Morgan fingerprint density at radius 3 is 2.63 bits per heavy atom. The molecule has 9 nitrogen and oxygen atoms in total. The first-order valence-corrected chi connectivity index (χ1v) is 18.1. The highest BCUT2D eigenvalue weighted by Crippen LogP contribution is 2.35. The lowest BCUT2D eigenvalue weighted by Crippen LogP contribution is -2.37. The van der Waals surface area contributed by atoms with Crippen molar-refractivity contribution in [2.24, 2.45) is 10.8 Å². The Kier molecular flexibility index (Phi) is 8.94. The van der Waals surface area contributed by atoms with Crippen LogP contribution in [0.2, 0.25) is 25.7 Å². The Bertz CT molecular complexity index is 1410. The first-order chi connectivity index (χ1) is 19.2. The summed E-state index contributed by atoms with van der Waals surface area (Å²) in [6.45, 7) is 18.2. The molecule has 0 bridgehead atoms. The lowest BCUT2D eigenvalue weighted by atomic mass is 9.87. The normalized spacial score (nSPS) is 17.7. The van der Waals surface area contributed by atoms with Gasteiger partial charge < -0.3 is 24.3 Å². The zero-order valence-corrected chi connectivity index (χ0v) is 26.8. The van der Waals surface area contributed by atoms with Crippen LogP contribution in [0.25, 0.3) is 22.4 Å². The van der Waals surface area contributed by atoms with E-state index in [-0.39, 0.29) is 11.2 Å². The summed E-state index contributed by atoms with van der Waals surface area (Å²) in [6.07, 6.45) is 4.18. The van der Waals surface area contributed by atoms with E-state index in [1.807, 2.05) is 43.7 Å². The van der Waals surface area contributed by atoms with Gasteiger partial charge >= 0.3 is 6.09 Å². The average molecular weight is 580 g/mol. The molecule has 0 spiro atoms. The van der Waals surface area contributed by atoms with Crippen molar-refractivity contribution in [2.75, 3.05) is 38.3 Å². The van der Waals surface area contributed by atoms with E-state index in [1.54, 1.807) is 6.20 Å². The number of nitrogens with one attached hydrogen (secondary N) is 1. The van der Waals surface area contributed by atoms with Gasteiger partial charge in [-0.15, -0.1) is 0 Å². The predicted octanol–water partition coefficient (Wildman–Crippen LogP) is 6.21. The zero-order chi connectivity index (χ0) is 30.0. The molecule has 3 heterocycles. The van der Waals surface area contributed by atoms with Gasteiger partial charge in [0.15, 0.2) is 11.4 Å². The summed E-state index contributed by atoms with van der Waals surface area (Å²) < 4.78 is 12.6. The van der Waals surface area contributed by atoms with Crippen LogP contribution in [0.1, 0.15) is 44.5 Å². The lowest BCUT2D eigenvalue weighted by Gasteiger charge is -2.25. The molecular weight excluding hydrogens is 534 g/mol. The molecule has 2 aromatic heterocycles. The monoisotopic (exact) mass is 579 g/mol. The van der Waals surface area contributed by atoms with E-state index in [0.717, 1.165) is 36.8 Å². The Hall–Kier alpha value is -3.24. The van der Waals surface area contributed by atoms with Gasteiger partial charge in [-0.2, -0.15) is 0 Å². The topological polar surface area (TPSA) is 98.6 Å². The Morgan fingerprint density at radius 1 is 1.20 bits per heavy atom. The van der Waals surface area contributed by atoms with Crippen LogP contribution in [-0.2, 0) is 16.2 Å². The fourth-order valence-electron chi connectivity index (χ4n) is 5.01. The third-order valence-electron chi connectivity index (χ3n) is 7.63. The number of Topliss-reactive ketones (excluding diaryl/α,β-unsaturated/α-hetero) is 1. The third kappa shape index (κ3) is 7.54. The van der Waals surface area contributed by atoms with Gasteiger partial charge in [-0.05, 0) is 24.6 Å². The first-order valence-electron chi connectivity index (χ1n) is 14.3. The predicted molar refractivity (Wildman–Crippen MR) is 166 cm³/mol. The van der Waals surface area contributed by atoms with Gasteiger partial charge in [0, 0.05) is 62.6 Å². The summed E-state index contributed by atoms with van der Waals surface area (Å²) in [4.78, 5) is 37.1. The Balaban J connectivity index is 1.60. The van der Waals surface area contributed by atoms with E-state index in [9.17, 15) is 9.59 Å². The maximum atomic E-state index is 13.4. The summed E-state index contributed by atoms with van der Waals surface area (Å²) in [7, 11) is 0.173. The number of hydrogen-bond donors (Lipinski definition) is 1. The molecule has 4 rings (SSSR count). The molecule has 1 fully saturated rings. The minimum atomic E-state index is -1.21.